The summed E-state index contributed by atoms with van der Waals surface area (Å²) in [6.45, 7) is 4.67. The summed E-state index contributed by atoms with van der Waals surface area (Å²) in [4.78, 5) is 2.32. The lowest BCUT2D eigenvalue weighted by atomic mass is 9.78. The van der Waals surface area contributed by atoms with Crippen LogP contribution in [0.2, 0.25) is 0 Å². The molecule has 8 aromatic rings. The first-order valence-corrected chi connectivity index (χ1v) is 15.0. The first kappa shape index (κ1) is 24.3. The molecule has 43 heavy (non-hydrogen) atoms. The van der Waals surface area contributed by atoms with E-state index in [2.05, 4.69) is 134 Å². The Balaban J connectivity index is 1.38. The van der Waals surface area contributed by atoms with Gasteiger partial charge in [-0.15, -0.1) is 0 Å². The van der Waals surface area contributed by atoms with Gasteiger partial charge < -0.3 is 13.7 Å². The second-order valence-corrected chi connectivity index (χ2v) is 11.8. The lowest BCUT2D eigenvalue weighted by Crippen LogP contribution is -2.18. The number of anilines is 3. The van der Waals surface area contributed by atoms with E-state index in [-0.39, 0.29) is 5.41 Å². The van der Waals surface area contributed by atoms with Crippen molar-refractivity contribution in [1.29, 1.82) is 0 Å². The van der Waals surface area contributed by atoms with E-state index in [1.807, 2.05) is 12.1 Å². The van der Waals surface area contributed by atoms with Crippen molar-refractivity contribution < 1.29 is 8.83 Å². The Bertz CT molecular complexity index is 2360. The molecule has 0 fully saturated rings. The third-order valence-corrected chi connectivity index (χ3v) is 9.61. The zero-order valence-electron chi connectivity index (χ0n) is 24.1. The maximum absolute atomic E-state index is 6.87. The number of fused-ring (bicyclic) bond motifs is 10. The minimum absolute atomic E-state index is 0.0324. The second kappa shape index (κ2) is 8.86. The van der Waals surface area contributed by atoms with Crippen LogP contribution in [0.4, 0.5) is 17.1 Å². The first-order chi connectivity index (χ1) is 21.2. The summed E-state index contributed by atoms with van der Waals surface area (Å²) in [5.41, 5.74) is 12.0. The largest absolute Gasteiger partial charge is 0.456 e. The summed E-state index contributed by atoms with van der Waals surface area (Å²) in [5, 5.41) is 4.51. The molecule has 1 atom stereocenters. The van der Waals surface area contributed by atoms with E-state index in [0.717, 1.165) is 62.0 Å². The van der Waals surface area contributed by atoms with Crippen LogP contribution in [0.1, 0.15) is 31.4 Å². The molecule has 206 valence electrons. The highest BCUT2D eigenvalue weighted by atomic mass is 16.3. The molecule has 0 N–H and O–H groups in total. The van der Waals surface area contributed by atoms with Gasteiger partial charge in [0.2, 0.25) is 0 Å². The van der Waals surface area contributed by atoms with Crippen LogP contribution in [-0.4, -0.2) is 0 Å². The van der Waals surface area contributed by atoms with Gasteiger partial charge in [0.15, 0.2) is 5.58 Å². The molecule has 0 bridgehead atoms. The van der Waals surface area contributed by atoms with Gasteiger partial charge in [-0.2, -0.15) is 0 Å². The van der Waals surface area contributed by atoms with Gasteiger partial charge in [-0.25, -0.2) is 0 Å². The Hall–Kier alpha value is -5.28. The van der Waals surface area contributed by atoms with Crippen molar-refractivity contribution in [2.75, 3.05) is 4.90 Å². The van der Waals surface area contributed by atoms with Crippen LogP contribution in [0.15, 0.2) is 136 Å². The van der Waals surface area contributed by atoms with Crippen molar-refractivity contribution in [2.24, 2.45) is 0 Å². The predicted molar refractivity (Wildman–Crippen MR) is 178 cm³/mol. The highest BCUT2D eigenvalue weighted by molar-refractivity contribution is 6.19. The van der Waals surface area contributed by atoms with Gasteiger partial charge in [0.05, 0.1) is 16.8 Å². The first-order valence-electron chi connectivity index (χ1n) is 15.0. The Morgan fingerprint density at radius 3 is 2.14 bits per heavy atom. The monoisotopic (exact) mass is 555 g/mol. The maximum atomic E-state index is 6.87. The van der Waals surface area contributed by atoms with Crippen molar-refractivity contribution >= 4 is 60.9 Å². The number of nitrogens with zero attached hydrogens (tertiary/aromatic N) is 1. The minimum Gasteiger partial charge on any atom is -0.456 e. The number of hydrogen-bond acceptors (Lipinski definition) is 3. The SMILES string of the molecule is CCC1(C)c2ccccc2-c2c1ccc1oc3c(N(c4ccccc4)c4cccc5oc6ccccc6c45)cccc3c21. The molecule has 3 heteroatoms. The van der Waals surface area contributed by atoms with E-state index >= 15 is 0 Å². The molecule has 9 rings (SSSR count). The van der Waals surface area contributed by atoms with Crippen molar-refractivity contribution in [3.05, 3.63) is 139 Å². The number of benzene rings is 6. The molecule has 3 nitrogen and oxygen atoms in total. The summed E-state index contributed by atoms with van der Waals surface area (Å²) in [5.74, 6) is 0. The topological polar surface area (TPSA) is 29.5 Å². The molecule has 0 saturated heterocycles. The number of hydrogen-bond donors (Lipinski definition) is 0. The molecular weight excluding hydrogens is 526 g/mol. The van der Waals surface area contributed by atoms with E-state index in [1.54, 1.807) is 0 Å². The molecule has 1 aliphatic carbocycles. The molecular formula is C40H29NO2. The van der Waals surface area contributed by atoms with Crippen LogP contribution in [-0.2, 0) is 5.41 Å². The number of furan rings is 2. The normalized spacial score (nSPS) is 15.9. The van der Waals surface area contributed by atoms with Crippen LogP contribution in [0, 0.1) is 0 Å². The fourth-order valence-corrected chi connectivity index (χ4v) is 7.43. The van der Waals surface area contributed by atoms with Gasteiger partial charge in [-0.1, -0.05) is 98.8 Å². The van der Waals surface area contributed by atoms with Crippen molar-refractivity contribution in [3.63, 3.8) is 0 Å². The van der Waals surface area contributed by atoms with Crippen LogP contribution in [0.5, 0.6) is 0 Å². The molecule has 6 aromatic carbocycles. The average Bonchev–Trinajstić information content (AvgIpc) is 3.71. The van der Waals surface area contributed by atoms with Gasteiger partial charge in [0.25, 0.3) is 0 Å². The predicted octanol–water partition coefficient (Wildman–Crippen LogP) is 11.7. The van der Waals surface area contributed by atoms with Gasteiger partial charge in [-0.3, -0.25) is 0 Å². The number of rotatable bonds is 4. The van der Waals surface area contributed by atoms with Crippen molar-refractivity contribution in [3.8, 4) is 11.1 Å². The lowest BCUT2D eigenvalue weighted by Gasteiger charge is -2.26. The minimum atomic E-state index is -0.0324. The average molecular weight is 556 g/mol. The Morgan fingerprint density at radius 1 is 0.558 bits per heavy atom. The molecule has 0 spiro atoms. The van der Waals surface area contributed by atoms with E-state index in [0.29, 0.717) is 0 Å². The molecule has 0 saturated carbocycles. The van der Waals surface area contributed by atoms with E-state index < -0.39 is 0 Å². The van der Waals surface area contributed by atoms with Gasteiger partial charge in [-0.05, 0) is 71.1 Å². The fourth-order valence-electron chi connectivity index (χ4n) is 7.43. The van der Waals surface area contributed by atoms with E-state index in [4.69, 9.17) is 8.83 Å². The Labute approximate surface area is 249 Å². The smallest absolute Gasteiger partial charge is 0.159 e. The summed E-state index contributed by atoms with van der Waals surface area (Å²) in [7, 11) is 0. The van der Waals surface area contributed by atoms with E-state index in [9.17, 15) is 0 Å². The maximum Gasteiger partial charge on any atom is 0.159 e. The molecule has 1 aliphatic rings. The molecule has 2 heterocycles. The van der Waals surface area contributed by atoms with Gasteiger partial charge in [0.1, 0.15) is 16.7 Å². The summed E-state index contributed by atoms with van der Waals surface area (Å²) >= 11 is 0. The third kappa shape index (κ3) is 3.25. The summed E-state index contributed by atoms with van der Waals surface area (Å²) < 4.78 is 13.2. The standard InChI is InChI=1S/C40H29NO2/c1-3-40(2)29-18-9-7-15-26(29)36-30(40)23-24-35-38(36)28-17-11-20-32(39(28)43-35)41(25-13-5-4-6-14-25)31-19-12-22-34-37(31)27-16-8-10-21-33(27)42-34/h4-24H,3H2,1-2H3. The molecule has 1 unspecified atom stereocenters. The van der Waals surface area contributed by atoms with Crippen LogP contribution < -0.4 is 4.90 Å². The molecule has 0 amide bonds. The quantitative estimate of drug-likeness (QED) is 0.216. The van der Waals surface area contributed by atoms with Crippen LogP contribution in [0.25, 0.3) is 55.0 Å². The van der Waals surface area contributed by atoms with Crippen molar-refractivity contribution in [2.45, 2.75) is 25.7 Å². The van der Waals surface area contributed by atoms with Crippen molar-refractivity contribution in [1.82, 2.24) is 0 Å². The highest BCUT2D eigenvalue weighted by Crippen LogP contribution is 2.55. The number of para-hydroxylation sites is 3. The summed E-state index contributed by atoms with van der Waals surface area (Å²) in [6.07, 6.45) is 1.04. The molecule has 2 aromatic heterocycles. The zero-order valence-corrected chi connectivity index (χ0v) is 24.1. The van der Waals surface area contributed by atoms with Crippen LogP contribution >= 0.6 is 0 Å². The Morgan fingerprint density at radius 2 is 1.26 bits per heavy atom. The molecule has 0 radical (unpaired) electrons. The van der Waals surface area contributed by atoms with E-state index in [1.165, 1.54) is 27.6 Å². The zero-order chi connectivity index (χ0) is 28.7. The summed E-state index contributed by atoms with van der Waals surface area (Å²) in [6, 6.07) is 45.0. The van der Waals surface area contributed by atoms with Crippen LogP contribution in [0.3, 0.4) is 0 Å². The Kier molecular flexibility index (Phi) is 5.01. The highest BCUT2D eigenvalue weighted by Gasteiger charge is 2.39. The van der Waals surface area contributed by atoms with Gasteiger partial charge in [0, 0.05) is 27.3 Å². The fraction of sp³-hybridized carbons (Fsp3) is 0.100. The second-order valence-electron chi connectivity index (χ2n) is 11.8. The molecule has 0 aliphatic heterocycles. The van der Waals surface area contributed by atoms with Gasteiger partial charge >= 0.3 is 0 Å². The third-order valence-electron chi connectivity index (χ3n) is 9.61. The lowest BCUT2D eigenvalue weighted by molar-refractivity contribution is 0.564.